The highest BCUT2D eigenvalue weighted by atomic mass is 16.5. The number of aromatic amines is 1. The molecule has 0 unspecified atom stereocenters. The fraction of sp³-hybridized carbons (Fsp3) is 0.650. The highest BCUT2D eigenvalue weighted by Crippen LogP contribution is 2.22. The first-order valence-corrected chi connectivity index (χ1v) is 9.34. The smallest absolute Gasteiger partial charge is 0.355 e. The van der Waals surface area contributed by atoms with Gasteiger partial charge in [0, 0.05) is 31.3 Å². The number of H-pyrrole nitrogens is 1. The number of nitrogens with zero attached hydrogens (tertiary/aromatic N) is 1. The fourth-order valence-corrected chi connectivity index (χ4v) is 3.07. The molecule has 1 heterocycles. The molecule has 7 nitrogen and oxygen atoms in total. The van der Waals surface area contributed by atoms with Gasteiger partial charge in [-0.3, -0.25) is 9.59 Å². The van der Waals surface area contributed by atoms with Crippen molar-refractivity contribution in [1.29, 1.82) is 0 Å². The van der Waals surface area contributed by atoms with Crippen molar-refractivity contribution in [2.75, 3.05) is 26.9 Å². The number of aromatic nitrogens is 1. The first kappa shape index (κ1) is 22.9. The van der Waals surface area contributed by atoms with Crippen LogP contribution in [0.5, 0.6) is 0 Å². The van der Waals surface area contributed by atoms with Crippen molar-refractivity contribution in [2.45, 2.75) is 54.0 Å². The molecule has 7 heteroatoms. The van der Waals surface area contributed by atoms with E-state index in [1.165, 1.54) is 0 Å². The first-order valence-electron chi connectivity index (χ1n) is 9.34. The van der Waals surface area contributed by atoms with Gasteiger partial charge in [-0.15, -0.1) is 0 Å². The van der Waals surface area contributed by atoms with E-state index in [-0.39, 0.29) is 29.9 Å². The van der Waals surface area contributed by atoms with E-state index in [4.69, 9.17) is 9.47 Å². The molecule has 1 amide bonds. The Balaban J connectivity index is 3.16. The Kier molecular flexibility index (Phi) is 8.69. The normalized spacial score (nSPS) is 12.1. The molecule has 1 atom stereocenters. The molecule has 0 saturated carbocycles. The maximum absolute atomic E-state index is 13.2. The number of rotatable bonds is 10. The van der Waals surface area contributed by atoms with Crippen molar-refractivity contribution >= 4 is 17.7 Å². The summed E-state index contributed by atoms with van der Waals surface area (Å²) in [5, 5.41) is 0. The molecule has 0 aromatic carbocycles. The van der Waals surface area contributed by atoms with Gasteiger partial charge in [0.05, 0.1) is 19.3 Å². The standard InChI is InChI=1S/C20H32N2O5/c1-8-27-20(25)18-13(4)17(14(5)21-18)19(24)15(6)22(9-10-26-7)16(23)11-12(2)3/h12,15,21H,8-11H2,1-7H3/t15-/m0/s1. The van der Waals surface area contributed by atoms with Crippen molar-refractivity contribution < 1.29 is 23.9 Å². The lowest BCUT2D eigenvalue weighted by molar-refractivity contribution is -0.133. The Bertz CT molecular complexity index is 678. The Labute approximate surface area is 161 Å². The third-order valence-electron chi connectivity index (χ3n) is 4.45. The second-order valence-electron chi connectivity index (χ2n) is 7.06. The maximum atomic E-state index is 13.2. The number of aryl methyl sites for hydroxylation is 1. The zero-order valence-electron chi connectivity index (χ0n) is 17.5. The molecule has 27 heavy (non-hydrogen) atoms. The highest BCUT2D eigenvalue weighted by molar-refractivity contribution is 6.06. The lowest BCUT2D eigenvalue weighted by Crippen LogP contribution is -2.45. The van der Waals surface area contributed by atoms with Crippen LogP contribution < -0.4 is 0 Å². The molecule has 1 rings (SSSR count). The van der Waals surface area contributed by atoms with Gasteiger partial charge in [0.2, 0.25) is 5.91 Å². The Hall–Kier alpha value is -2.15. The number of Topliss-reactive ketones (excluding diaryl/α,β-unsaturated/α-hetero) is 1. The van der Waals surface area contributed by atoms with Crippen LogP contribution in [0.25, 0.3) is 0 Å². The average Bonchev–Trinajstić information content (AvgIpc) is 2.88. The minimum atomic E-state index is -0.658. The van der Waals surface area contributed by atoms with E-state index in [9.17, 15) is 14.4 Å². The van der Waals surface area contributed by atoms with E-state index in [0.717, 1.165) is 0 Å². The second kappa shape index (κ2) is 10.3. The van der Waals surface area contributed by atoms with Crippen LogP contribution in [0.4, 0.5) is 0 Å². The van der Waals surface area contributed by atoms with Gasteiger partial charge in [-0.05, 0) is 39.2 Å². The highest BCUT2D eigenvalue weighted by Gasteiger charge is 2.31. The number of carbonyl (C=O) groups is 3. The molecule has 0 saturated heterocycles. The summed E-state index contributed by atoms with van der Waals surface area (Å²) in [5.41, 5.74) is 1.85. The van der Waals surface area contributed by atoms with Gasteiger partial charge < -0.3 is 19.4 Å². The van der Waals surface area contributed by atoms with Gasteiger partial charge in [-0.2, -0.15) is 0 Å². The summed E-state index contributed by atoms with van der Waals surface area (Å²) in [7, 11) is 1.56. The van der Waals surface area contributed by atoms with Crippen LogP contribution in [-0.2, 0) is 14.3 Å². The maximum Gasteiger partial charge on any atom is 0.355 e. The molecule has 152 valence electrons. The van der Waals surface area contributed by atoms with Crippen molar-refractivity contribution in [3.8, 4) is 0 Å². The number of methoxy groups -OCH3 is 1. The predicted molar refractivity (Wildman–Crippen MR) is 103 cm³/mol. The monoisotopic (exact) mass is 380 g/mol. The summed E-state index contributed by atoms with van der Waals surface area (Å²) < 4.78 is 10.1. The molecule has 1 N–H and O–H groups in total. The van der Waals surface area contributed by atoms with Gasteiger partial charge >= 0.3 is 5.97 Å². The average molecular weight is 380 g/mol. The zero-order valence-corrected chi connectivity index (χ0v) is 17.5. The van der Waals surface area contributed by atoms with Crippen LogP contribution in [0, 0.1) is 19.8 Å². The molecule has 1 aromatic heterocycles. The van der Waals surface area contributed by atoms with Crippen molar-refractivity contribution in [3.63, 3.8) is 0 Å². The second-order valence-corrected chi connectivity index (χ2v) is 7.06. The summed E-state index contributed by atoms with van der Waals surface area (Å²) in [5.74, 6) is -0.586. The lowest BCUT2D eigenvalue weighted by atomic mass is 9.99. The Morgan fingerprint density at radius 2 is 1.78 bits per heavy atom. The van der Waals surface area contributed by atoms with Crippen LogP contribution >= 0.6 is 0 Å². The first-order chi connectivity index (χ1) is 12.6. The summed E-state index contributed by atoms with van der Waals surface area (Å²) in [6.07, 6.45) is 0.362. The van der Waals surface area contributed by atoms with Crippen LogP contribution in [0.3, 0.4) is 0 Å². The van der Waals surface area contributed by atoms with E-state index in [1.807, 2.05) is 13.8 Å². The summed E-state index contributed by atoms with van der Waals surface area (Å²) in [6.45, 7) is 11.8. The van der Waals surface area contributed by atoms with Crippen molar-refractivity contribution in [1.82, 2.24) is 9.88 Å². The van der Waals surface area contributed by atoms with Crippen molar-refractivity contribution in [2.24, 2.45) is 5.92 Å². The number of carbonyl (C=O) groups excluding carboxylic acids is 3. The van der Waals surface area contributed by atoms with Gasteiger partial charge in [0.15, 0.2) is 5.78 Å². The van der Waals surface area contributed by atoms with E-state index < -0.39 is 12.0 Å². The molecule has 1 aromatic rings. The minimum absolute atomic E-state index is 0.0839. The Morgan fingerprint density at radius 1 is 1.15 bits per heavy atom. The molecule has 0 radical (unpaired) electrons. The zero-order chi connectivity index (χ0) is 20.7. The minimum Gasteiger partial charge on any atom is -0.461 e. The van der Waals surface area contributed by atoms with E-state index in [2.05, 4.69) is 4.98 Å². The van der Waals surface area contributed by atoms with Crippen LogP contribution in [0.15, 0.2) is 0 Å². The van der Waals surface area contributed by atoms with E-state index in [0.29, 0.717) is 36.4 Å². The Morgan fingerprint density at radius 3 is 2.30 bits per heavy atom. The largest absolute Gasteiger partial charge is 0.461 e. The number of amides is 1. The number of esters is 1. The molecule has 0 aliphatic heterocycles. The van der Waals surface area contributed by atoms with Crippen LogP contribution in [0.1, 0.15) is 66.2 Å². The molecule has 0 fully saturated rings. The van der Waals surface area contributed by atoms with Crippen LogP contribution in [-0.4, -0.2) is 60.5 Å². The molecule has 0 aliphatic carbocycles. The predicted octanol–water partition coefficient (Wildman–Crippen LogP) is 2.90. The number of ketones is 1. The lowest BCUT2D eigenvalue weighted by Gasteiger charge is -2.29. The molecular weight excluding hydrogens is 348 g/mol. The number of hydrogen-bond donors (Lipinski definition) is 1. The fourth-order valence-electron chi connectivity index (χ4n) is 3.07. The van der Waals surface area contributed by atoms with Gasteiger partial charge in [0.1, 0.15) is 5.69 Å². The topological polar surface area (TPSA) is 88.7 Å². The third-order valence-corrected chi connectivity index (χ3v) is 4.45. The van der Waals surface area contributed by atoms with E-state index >= 15 is 0 Å². The molecule has 0 spiro atoms. The molecular formula is C20H32N2O5. The number of hydrogen-bond acceptors (Lipinski definition) is 5. The van der Waals surface area contributed by atoms with Gasteiger partial charge in [-0.1, -0.05) is 13.8 Å². The summed E-state index contributed by atoms with van der Waals surface area (Å²) in [4.78, 5) is 42.4. The van der Waals surface area contributed by atoms with Gasteiger partial charge in [-0.25, -0.2) is 4.79 Å². The molecule has 0 aliphatic rings. The third kappa shape index (κ3) is 5.66. The van der Waals surface area contributed by atoms with Gasteiger partial charge in [0.25, 0.3) is 0 Å². The van der Waals surface area contributed by atoms with Crippen LogP contribution in [0.2, 0.25) is 0 Å². The quantitative estimate of drug-likeness (QED) is 0.498. The summed E-state index contributed by atoms with van der Waals surface area (Å²) >= 11 is 0. The summed E-state index contributed by atoms with van der Waals surface area (Å²) in [6, 6.07) is -0.658. The molecule has 0 bridgehead atoms. The number of nitrogens with one attached hydrogen (secondary N) is 1. The SMILES string of the molecule is CCOC(=O)c1[nH]c(C)c(C(=O)[C@H](C)N(CCOC)C(=O)CC(C)C)c1C. The van der Waals surface area contributed by atoms with E-state index in [1.54, 1.807) is 39.7 Å². The van der Waals surface area contributed by atoms with Crippen molar-refractivity contribution in [3.05, 3.63) is 22.5 Å². The number of ether oxygens (including phenoxy) is 2.